The molecule has 1 aromatic carbocycles. The van der Waals surface area contributed by atoms with Gasteiger partial charge in [0.2, 0.25) is 11.8 Å². The summed E-state index contributed by atoms with van der Waals surface area (Å²) in [5.74, 6) is -0.138. The molecular weight excluding hydrogens is 338 g/mol. The molecule has 0 spiro atoms. The number of H-pyrrole nitrogens is 1. The van der Waals surface area contributed by atoms with E-state index in [0.717, 1.165) is 31.2 Å². The molecule has 0 fully saturated rings. The third kappa shape index (κ3) is 5.46. The number of hydrogen-bond donors (Lipinski definition) is 2. The fraction of sp³-hybridized carbons (Fsp3) is 0.455. The van der Waals surface area contributed by atoms with Crippen LogP contribution in [0.1, 0.15) is 44.6 Å². The Morgan fingerprint density at radius 2 is 2.04 bits per heavy atom. The number of fused-ring (bicyclic) bond motifs is 1. The van der Waals surface area contributed by atoms with E-state index >= 15 is 0 Å². The fourth-order valence-corrected chi connectivity index (χ4v) is 3.66. The summed E-state index contributed by atoms with van der Waals surface area (Å²) in [7, 11) is 0. The van der Waals surface area contributed by atoms with E-state index in [0.29, 0.717) is 13.1 Å². The molecule has 0 saturated carbocycles. The van der Waals surface area contributed by atoms with Crippen molar-refractivity contribution in [2.45, 2.75) is 45.4 Å². The number of rotatable bonds is 8. The minimum atomic E-state index is -0.0948. The molecule has 3 rings (SSSR count). The number of nitrogens with one attached hydrogen (secondary N) is 2. The molecule has 0 aliphatic heterocycles. The first kappa shape index (κ1) is 19.2. The Kier molecular flexibility index (Phi) is 6.69. The summed E-state index contributed by atoms with van der Waals surface area (Å²) in [4.78, 5) is 29.1. The van der Waals surface area contributed by atoms with Crippen LogP contribution < -0.4 is 5.32 Å². The predicted octanol–water partition coefficient (Wildman–Crippen LogP) is 3.57. The Labute approximate surface area is 160 Å². The quantitative estimate of drug-likeness (QED) is 0.701. The van der Waals surface area contributed by atoms with Crippen LogP contribution in [-0.4, -0.2) is 41.3 Å². The van der Waals surface area contributed by atoms with Crippen LogP contribution in [0.2, 0.25) is 0 Å². The summed E-state index contributed by atoms with van der Waals surface area (Å²) in [5.41, 5.74) is 3.73. The number of allylic oxidation sites excluding steroid dienone is 1. The van der Waals surface area contributed by atoms with Crippen LogP contribution in [0.3, 0.4) is 0 Å². The van der Waals surface area contributed by atoms with Crippen molar-refractivity contribution >= 4 is 22.7 Å². The molecule has 2 amide bonds. The SMILES string of the molecule is CC(=O)N(CCC1=CCCCC1)CC(=O)NCCc1c[nH]c2ccccc12. The van der Waals surface area contributed by atoms with Crippen LogP contribution in [0.4, 0.5) is 0 Å². The molecule has 0 saturated heterocycles. The molecule has 5 heteroatoms. The van der Waals surface area contributed by atoms with Gasteiger partial charge in [-0.15, -0.1) is 0 Å². The van der Waals surface area contributed by atoms with Crippen LogP contribution in [0.15, 0.2) is 42.1 Å². The van der Waals surface area contributed by atoms with E-state index in [-0.39, 0.29) is 18.4 Å². The smallest absolute Gasteiger partial charge is 0.239 e. The van der Waals surface area contributed by atoms with Gasteiger partial charge in [0.1, 0.15) is 0 Å². The lowest BCUT2D eigenvalue weighted by atomic mass is 9.97. The van der Waals surface area contributed by atoms with Gasteiger partial charge in [0.05, 0.1) is 6.54 Å². The minimum absolute atomic E-state index is 0.0433. The number of carbonyl (C=O) groups is 2. The Morgan fingerprint density at radius 3 is 2.81 bits per heavy atom. The summed E-state index contributed by atoms with van der Waals surface area (Å²) in [5, 5.41) is 4.14. The van der Waals surface area contributed by atoms with Gasteiger partial charge in [-0.1, -0.05) is 29.8 Å². The lowest BCUT2D eigenvalue weighted by Gasteiger charge is -2.22. The van der Waals surface area contributed by atoms with Crippen molar-refractivity contribution in [3.8, 4) is 0 Å². The number of amides is 2. The second-order valence-corrected chi connectivity index (χ2v) is 7.26. The summed E-state index contributed by atoms with van der Waals surface area (Å²) in [6.07, 6.45) is 10.7. The predicted molar refractivity (Wildman–Crippen MR) is 108 cm³/mol. The van der Waals surface area contributed by atoms with E-state index in [1.807, 2.05) is 24.4 Å². The van der Waals surface area contributed by atoms with E-state index in [9.17, 15) is 9.59 Å². The zero-order chi connectivity index (χ0) is 19.1. The van der Waals surface area contributed by atoms with E-state index in [2.05, 4.69) is 22.4 Å². The molecule has 1 aliphatic rings. The molecule has 144 valence electrons. The first-order valence-corrected chi connectivity index (χ1v) is 9.88. The average molecular weight is 367 g/mol. The highest BCUT2D eigenvalue weighted by Crippen LogP contribution is 2.20. The highest BCUT2D eigenvalue weighted by Gasteiger charge is 2.15. The number of aromatic nitrogens is 1. The van der Waals surface area contributed by atoms with Crippen LogP contribution >= 0.6 is 0 Å². The van der Waals surface area contributed by atoms with Gasteiger partial charge in [0.15, 0.2) is 0 Å². The van der Waals surface area contributed by atoms with Crippen molar-refractivity contribution in [3.05, 3.63) is 47.7 Å². The molecule has 0 radical (unpaired) electrons. The Bertz CT molecular complexity index is 822. The molecule has 5 nitrogen and oxygen atoms in total. The van der Waals surface area contributed by atoms with Crippen molar-refractivity contribution in [1.29, 1.82) is 0 Å². The van der Waals surface area contributed by atoms with E-state index in [1.165, 1.54) is 36.3 Å². The lowest BCUT2D eigenvalue weighted by molar-refractivity contribution is -0.134. The second kappa shape index (κ2) is 9.40. The Hall–Kier alpha value is -2.56. The maximum atomic E-state index is 12.3. The lowest BCUT2D eigenvalue weighted by Crippen LogP contribution is -2.40. The van der Waals surface area contributed by atoms with E-state index < -0.39 is 0 Å². The van der Waals surface area contributed by atoms with Gasteiger partial charge in [-0.05, 0) is 50.2 Å². The van der Waals surface area contributed by atoms with Crippen molar-refractivity contribution in [3.63, 3.8) is 0 Å². The third-order valence-corrected chi connectivity index (χ3v) is 5.26. The molecule has 27 heavy (non-hydrogen) atoms. The summed E-state index contributed by atoms with van der Waals surface area (Å²) in [6, 6.07) is 8.15. The maximum Gasteiger partial charge on any atom is 0.239 e. The molecule has 1 heterocycles. The maximum absolute atomic E-state index is 12.3. The number of carbonyl (C=O) groups excluding carboxylic acids is 2. The molecule has 0 bridgehead atoms. The van der Waals surface area contributed by atoms with Gasteiger partial charge in [-0.2, -0.15) is 0 Å². The molecule has 0 atom stereocenters. The second-order valence-electron chi connectivity index (χ2n) is 7.26. The van der Waals surface area contributed by atoms with Gasteiger partial charge in [-0.3, -0.25) is 9.59 Å². The van der Waals surface area contributed by atoms with Gasteiger partial charge in [0.25, 0.3) is 0 Å². The van der Waals surface area contributed by atoms with Crippen molar-refractivity contribution in [2.24, 2.45) is 0 Å². The van der Waals surface area contributed by atoms with Gasteiger partial charge >= 0.3 is 0 Å². The summed E-state index contributed by atoms with van der Waals surface area (Å²) < 4.78 is 0. The average Bonchev–Trinajstić information content (AvgIpc) is 3.09. The van der Waals surface area contributed by atoms with Crippen molar-refractivity contribution < 1.29 is 9.59 Å². The monoisotopic (exact) mass is 367 g/mol. The highest BCUT2D eigenvalue weighted by atomic mass is 16.2. The van der Waals surface area contributed by atoms with Gasteiger partial charge < -0.3 is 15.2 Å². The molecule has 0 unspecified atom stereocenters. The Morgan fingerprint density at radius 1 is 1.19 bits per heavy atom. The molecule has 1 aliphatic carbocycles. The third-order valence-electron chi connectivity index (χ3n) is 5.26. The first-order chi connectivity index (χ1) is 13.1. The largest absolute Gasteiger partial charge is 0.361 e. The van der Waals surface area contributed by atoms with Gasteiger partial charge in [0, 0.05) is 37.1 Å². The minimum Gasteiger partial charge on any atom is -0.361 e. The van der Waals surface area contributed by atoms with Crippen molar-refractivity contribution in [2.75, 3.05) is 19.6 Å². The Balaban J connectivity index is 1.44. The first-order valence-electron chi connectivity index (χ1n) is 9.88. The standard InChI is InChI=1S/C22H29N3O2/c1-17(26)25(14-12-18-7-3-2-4-8-18)16-22(27)23-13-11-19-15-24-21-10-6-5-9-20(19)21/h5-7,9-10,15,24H,2-4,8,11-14,16H2,1H3,(H,23,27). The summed E-state index contributed by atoms with van der Waals surface area (Å²) >= 11 is 0. The van der Waals surface area contributed by atoms with E-state index in [1.54, 1.807) is 4.90 Å². The van der Waals surface area contributed by atoms with Crippen LogP contribution in [0.5, 0.6) is 0 Å². The zero-order valence-corrected chi connectivity index (χ0v) is 16.1. The van der Waals surface area contributed by atoms with Gasteiger partial charge in [-0.25, -0.2) is 0 Å². The highest BCUT2D eigenvalue weighted by molar-refractivity contribution is 5.84. The van der Waals surface area contributed by atoms with Crippen LogP contribution in [-0.2, 0) is 16.0 Å². The summed E-state index contributed by atoms with van der Waals surface area (Å²) in [6.45, 7) is 2.86. The molecular formula is C22H29N3O2. The number of aromatic amines is 1. The van der Waals surface area contributed by atoms with E-state index in [4.69, 9.17) is 0 Å². The number of para-hydroxylation sites is 1. The number of nitrogens with zero attached hydrogens (tertiary/aromatic N) is 1. The topological polar surface area (TPSA) is 65.2 Å². The molecule has 1 aromatic heterocycles. The number of hydrogen-bond acceptors (Lipinski definition) is 2. The normalized spacial score (nSPS) is 14.0. The van der Waals surface area contributed by atoms with Crippen molar-refractivity contribution in [1.82, 2.24) is 15.2 Å². The van der Waals surface area contributed by atoms with Crippen LogP contribution in [0.25, 0.3) is 10.9 Å². The zero-order valence-electron chi connectivity index (χ0n) is 16.1. The number of benzene rings is 1. The molecule has 2 aromatic rings. The fourth-order valence-electron chi connectivity index (χ4n) is 3.66. The molecule has 2 N–H and O–H groups in total. The van der Waals surface area contributed by atoms with Crippen LogP contribution in [0, 0.1) is 0 Å².